The lowest BCUT2D eigenvalue weighted by molar-refractivity contribution is -0.142. The summed E-state index contributed by atoms with van der Waals surface area (Å²) in [5.74, 6) is 0.0249. The van der Waals surface area contributed by atoms with Gasteiger partial charge in [0.1, 0.15) is 11.3 Å². The maximum absolute atomic E-state index is 12.2. The lowest BCUT2D eigenvalue weighted by Gasteiger charge is -2.24. The highest BCUT2D eigenvalue weighted by Crippen LogP contribution is 2.26. The topological polar surface area (TPSA) is 73.6 Å². The fourth-order valence-corrected chi connectivity index (χ4v) is 3.03. The third kappa shape index (κ3) is 3.93. The Balaban J connectivity index is 1.83. The van der Waals surface area contributed by atoms with Gasteiger partial charge in [0, 0.05) is 6.07 Å². The summed E-state index contributed by atoms with van der Waals surface area (Å²) in [5, 5.41) is 0.485. The second-order valence-corrected chi connectivity index (χ2v) is 6.79. The first-order chi connectivity index (χ1) is 12.5. The summed E-state index contributed by atoms with van der Waals surface area (Å²) in [5.41, 5.74) is 1.16. The minimum absolute atomic E-state index is 0.0383. The van der Waals surface area contributed by atoms with Gasteiger partial charge in [0.05, 0.1) is 17.6 Å². The van der Waals surface area contributed by atoms with Crippen LogP contribution in [0.15, 0.2) is 45.1 Å². The molecule has 0 saturated heterocycles. The van der Waals surface area contributed by atoms with Crippen molar-refractivity contribution in [3.05, 3.63) is 57.5 Å². The molecule has 0 unspecified atom stereocenters. The molecule has 0 bridgehead atoms. The molecule has 0 radical (unpaired) electrons. The number of Topliss-reactive ketones (excluding diaryl/α,β-unsaturated/α-hetero) is 1. The fraction of sp³-hybridized carbons (Fsp3) is 0.381. The van der Waals surface area contributed by atoms with E-state index in [2.05, 4.69) is 0 Å². The van der Waals surface area contributed by atoms with Gasteiger partial charge in [0.15, 0.2) is 11.2 Å². The average Bonchev–Trinajstić information content (AvgIpc) is 2.53. The number of ketones is 1. The van der Waals surface area contributed by atoms with E-state index in [9.17, 15) is 14.4 Å². The van der Waals surface area contributed by atoms with Crippen LogP contribution in [0.25, 0.3) is 11.0 Å². The first-order valence-electron chi connectivity index (χ1n) is 8.86. The molecular weight excluding hydrogens is 332 g/mol. The molecule has 1 fully saturated rings. The molecule has 2 aromatic rings. The molecule has 26 heavy (non-hydrogen) atoms. The van der Waals surface area contributed by atoms with Gasteiger partial charge < -0.3 is 9.15 Å². The number of rotatable bonds is 6. The van der Waals surface area contributed by atoms with Gasteiger partial charge in [-0.25, -0.2) is 4.79 Å². The number of carbonyl (C=O) groups is 2. The van der Waals surface area contributed by atoms with Crippen LogP contribution in [0.1, 0.15) is 37.5 Å². The van der Waals surface area contributed by atoms with E-state index in [1.807, 2.05) is 6.07 Å². The van der Waals surface area contributed by atoms with E-state index < -0.39 is 5.97 Å². The molecule has 0 amide bonds. The van der Waals surface area contributed by atoms with E-state index in [1.54, 1.807) is 25.1 Å². The maximum atomic E-state index is 12.2. The Labute approximate surface area is 151 Å². The smallest absolute Gasteiger partial charge is 0.341 e. The van der Waals surface area contributed by atoms with Crippen LogP contribution in [0.5, 0.6) is 0 Å². The third-order valence-corrected chi connectivity index (χ3v) is 4.76. The SMILES string of the molecule is CC(=O)C(=CCc1cccc2c(=O)cc(C)oc12)C(=O)OCC1CCC1. The minimum Gasteiger partial charge on any atom is -0.462 e. The van der Waals surface area contributed by atoms with Gasteiger partial charge in [-0.3, -0.25) is 9.59 Å². The zero-order valence-electron chi connectivity index (χ0n) is 15.0. The number of benzene rings is 1. The van der Waals surface area contributed by atoms with Gasteiger partial charge >= 0.3 is 5.97 Å². The maximum Gasteiger partial charge on any atom is 0.341 e. The molecule has 1 aliphatic carbocycles. The van der Waals surface area contributed by atoms with Crippen molar-refractivity contribution < 1.29 is 18.7 Å². The van der Waals surface area contributed by atoms with Crippen LogP contribution >= 0.6 is 0 Å². The van der Waals surface area contributed by atoms with E-state index in [0.717, 1.165) is 18.4 Å². The van der Waals surface area contributed by atoms with Gasteiger partial charge in [0.2, 0.25) is 0 Å². The Morgan fingerprint density at radius 2 is 2.08 bits per heavy atom. The molecule has 136 valence electrons. The standard InChI is InChI=1S/C21H22O5/c1-13-11-19(23)18-8-4-7-16(20(18)26-13)9-10-17(14(2)22)21(24)25-12-15-5-3-6-15/h4,7-8,10-11,15H,3,5-6,9,12H2,1-2H3. The van der Waals surface area contributed by atoms with Gasteiger partial charge in [-0.2, -0.15) is 0 Å². The Morgan fingerprint density at radius 3 is 2.73 bits per heavy atom. The molecule has 0 N–H and O–H groups in total. The summed E-state index contributed by atoms with van der Waals surface area (Å²) in [4.78, 5) is 36.2. The molecular formula is C21H22O5. The van der Waals surface area contributed by atoms with Gasteiger partial charge in [-0.05, 0) is 50.7 Å². The molecule has 0 atom stereocenters. The van der Waals surface area contributed by atoms with Crippen molar-refractivity contribution in [3.63, 3.8) is 0 Å². The van der Waals surface area contributed by atoms with Crippen LogP contribution in [0, 0.1) is 12.8 Å². The molecule has 5 heteroatoms. The normalized spacial score (nSPS) is 14.9. The van der Waals surface area contributed by atoms with Crippen molar-refractivity contribution in [2.45, 2.75) is 39.5 Å². The van der Waals surface area contributed by atoms with Crippen molar-refractivity contribution in [3.8, 4) is 0 Å². The van der Waals surface area contributed by atoms with Gasteiger partial charge in [0.25, 0.3) is 0 Å². The second-order valence-electron chi connectivity index (χ2n) is 6.79. The number of ether oxygens (including phenoxy) is 1. The Kier molecular flexibility index (Phi) is 5.35. The highest BCUT2D eigenvalue weighted by atomic mass is 16.5. The second kappa shape index (κ2) is 7.68. The predicted octanol–water partition coefficient (Wildman–Crippen LogP) is 3.50. The quantitative estimate of drug-likeness (QED) is 0.343. The zero-order chi connectivity index (χ0) is 18.7. The minimum atomic E-state index is -0.581. The van der Waals surface area contributed by atoms with Crippen LogP contribution in [0.3, 0.4) is 0 Å². The van der Waals surface area contributed by atoms with Gasteiger partial charge in [-0.1, -0.05) is 24.6 Å². The summed E-state index contributed by atoms with van der Waals surface area (Å²) in [6.45, 7) is 3.43. The van der Waals surface area contributed by atoms with Crippen LogP contribution in [0.2, 0.25) is 0 Å². The number of esters is 1. The number of aryl methyl sites for hydroxylation is 1. The summed E-state index contributed by atoms with van der Waals surface area (Å²) in [6.07, 6.45) is 5.17. The number of carbonyl (C=O) groups excluding carboxylic acids is 2. The van der Waals surface area contributed by atoms with E-state index in [-0.39, 0.29) is 16.8 Å². The number of hydrogen-bond acceptors (Lipinski definition) is 5. The lowest BCUT2D eigenvalue weighted by Crippen LogP contribution is -2.22. The fourth-order valence-electron chi connectivity index (χ4n) is 3.03. The number of hydrogen-bond donors (Lipinski definition) is 0. The van der Waals surface area contributed by atoms with Crippen LogP contribution in [-0.2, 0) is 20.7 Å². The number of allylic oxidation sites excluding steroid dienone is 1. The molecule has 1 aliphatic rings. The van der Waals surface area contributed by atoms with Crippen molar-refractivity contribution in [2.75, 3.05) is 6.61 Å². The van der Waals surface area contributed by atoms with E-state index in [0.29, 0.717) is 35.7 Å². The molecule has 1 saturated carbocycles. The third-order valence-electron chi connectivity index (χ3n) is 4.76. The van der Waals surface area contributed by atoms with Crippen molar-refractivity contribution in [1.29, 1.82) is 0 Å². The molecule has 0 aliphatic heterocycles. The van der Waals surface area contributed by atoms with E-state index in [4.69, 9.17) is 9.15 Å². The molecule has 3 rings (SSSR count). The molecule has 1 aromatic carbocycles. The van der Waals surface area contributed by atoms with Crippen LogP contribution in [-0.4, -0.2) is 18.4 Å². The van der Waals surface area contributed by atoms with E-state index >= 15 is 0 Å². The Bertz CT molecular complexity index is 931. The highest BCUT2D eigenvalue weighted by Gasteiger charge is 2.22. The van der Waals surface area contributed by atoms with Crippen molar-refractivity contribution in [1.82, 2.24) is 0 Å². The molecule has 1 aromatic heterocycles. The lowest BCUT2D eigenvalue weighted by atomic mass is 9.86. The van der Waals surface area contributed by atoms with Crippen LogP contribution in [0.4, 0.5) is 0 Å². The summed E-state index contributed by atoms with van der Waals surface area (Å²) in [6, 6.07) is 6.73. The highest BCUT2D eigenvalue weighted by molar-refractivity contribution is 6.16. The van der Waals surface area contributed by atoms with Crippen molar-refractivity contribution >= 4 is 22.7 Å². The molecule has 1 heterocycles. The van der Waals surface area contributed by atoms with Crippen LogP contribution < -0.4 is 5.43 Å². The first kappa shape index (κ1) is 18.1. The number of para-hydroxylation sites is 1. The molecule has 5 nitrogen and oxygen atoms in total. The average molecular weight is 354 g/mol. The number of fused-ring (bicyclic) bond motifs is 1. The largest absolute Gasteiger partial charge is 0.462 e. The Morgan fingerprint density at radius 1 is 1.31 bits per heavy atom. The zero-order valence-corrected chi connectivity index (χ0v) is 15.0. The van der Waals surface area contributed by atoms with Gasteiger partial charge in [-0.15, -0.1) is 0 Å². The molecule has 0 spiro atoms. The predicted molar refractivity (Wildman–Crippen MR) is 98.0 cm³/mol. The van der Waals surface area contributed by atoms with Crippen molar-refractivity contribution in [2.24, 2.45) is 5.92 Å². The summed E-state index contributed by atoms with van der Waals surface area (Å²) in [7, 11) is 0. The monoisotopic (exact) mass is 354 g/mol. The van der Waals surface area contributed by atoms with E-state index in [1.165, 1.54) is 19.4 Å². The first-order valence-corrected chi connectivity index (χ1v) is 8.86. The summed E-state index contributed by atoms with van der Waals surface area (Å²) < 4.78 is 11.0. The Hall–Kier alpha value is -2.69. The summed E-state index contributed by atoms with van der Waals surface area (Å²) >= 11 is 0.